The van der Waals surface area contributed by atoms with Crippen molar-refractivity contribution in [3.05, 3.63) is 39.4 Å². The number of hydrogen-bond donors (Lipinski definition) is 0. The van der Waals surface area contributed by atoms with E-state index in [4.69, 9.17) is 4.74 Å². The summed E-state index contributed by atoms with van der Waals surface area (Å²) in [6.07, 6.45) is 0.679. The van der Waals surface area contributed by atoms with Crippen LogP contribution in [0.25, 0.3) is 10.1 Å². The molecule has 0 amide bonds. The fourth-order valence-electron chi connectivity index (χ4n) is 3.03. The number of hydrogen-bond acceptors (Lipinski definition) is 5. The van der Waals surface area contributed by atoms with Crippen LogP contribution in [0.4, 0.5) is 18.9 Å². The number of carbonyl (C=O) groups excluding carboxylic acids is 1. The van der Waals surface area contributed by atoms with Crippen LogP contribution < -0.4 is 9.64 Å². The molecular weight excluding hydrogens is 403 g/mol. The van der Waals surface area contributed by atoms with Gasteiger partial charge >= 0.3 is 12.1 Å². The second kappa shape index (κ2) is 10.6. The number of fused-ring (bicyclic) bond motifs is 1. The van der Waals surface area contributed by atoms with Gasteiger partial charge < -0.3 is 9.64 Å². The van der Waals surface area contributed by atoms with Crippen molar-refractivity contribution in [2.24, 2.45) is 0 Å². The van der Waals surface area contributed by atoms with Crippen molar-refractivity contribution in [1.82, 2.24) is 0 Å². The third-order valence-corrected chi connectivity index (χ3v) is 5.53. The topological polar surface area (TPSA) is 46.6 Å². The Morgan fingerprint density at radius 3 is 2.48 bits per heavy atom. The first-order valence-electron chi connectivity index (χ1n) is 9.74. The van der Waals surface area contributed by atoms with Crippen LogP contribution in [0, 0.1) is 0 Å². The maximum Gasteiger partial charge on any atom is 0.416 e. The first-order chi connectivity index (χ1) is 13.7. The molecule has 8 heteroatoms. The molecule has 0 spiro atoms. The summed E-state index contributed by atoms with van der Waals surface area (Å²) in [6.45, 7) is 2.92. The monoisotopic (exact) mass is 429 g/mol. The summed E-state index contributed by atoms with van der Waals surface area (Å²) in [5.74, 6) is -0.178. The van der Waals surface area contributed by atoms with Crippen molar-refractivity contribution >= 4 is 33.1 Å². The van der Waals surface area contributed by atoms with Gasteiger partial charge in [-0.2, -0.15) is 13.2 Å². The number of carbonyl (C=O) groups is 1. The molecule has 2 rings (SSSR count). The van der Waals surface area contributed by atoms with Crippen LogP contribution in [-0.4, -0.2) is 26.2 Å². The number of rotatable bonds is 10. The van der Waals surface area contributed by atoms with E-state index < -0.39 is 11.7 Å². The highest BCUT2D eigenvalue weighted by Crippen LogP contribution is 2.34. The largest absolute Gasteiger partial charge is 0.466 e. The van der Waals surface area contributed by atoms with Crippen molar-refractivity contribution in [2.75, 3.05) is 25.1 Å². The summed E-state index contributed by atoms with van der Waals surface area (Å²) in [7, 11) is 1.85. The van der Waals surface area contributed by atoms with Gasteiger partial charge in [0.25, 0.3) is 0 Å². The lowest BCUT2D eigenvalue weighted by Gasteiger charge is -2.21. The molecule has 2 aromatic rings. The zero-order chi connectivity index (χ0) is 21.4. The highest BCUT2D eigenvalue weighted by molar-refractivity contribution is 7.16. The molecule has 0 unspecified atom stereocenters. The van der Waals surface area contributed by atoms with Gasteiger partial charge in [-0.05, 0) is 25.0 Å². The van der Waals surface area contributed by atoms with E-state index in [-0.39, 0.29) is 10.7 Å². The molecule has 0 aliphatic heterocycles. The Bertz CT molecular complexity index is 880. The van der Waals surface area contributed by atoms with Crippen LogP contribution in [0.15, 0.2) is 29.1 Å². The zero-order valence-electron chi connectivity index (χ0n) is 16.7. The number of anilines is 1. The number of unbranched alkanes of at least 4 members (excludes halogenated alkanes) is 4. The van der Waals surface area contributed by atoms with Crippen molar-refractivity contribution in [2.45, 2.75) is 51.6 Å². The number of nitrogens with zero attached hydrogens (tertiary/aromatic N) is 1. The summed E-state index contributed by atoms with van der Waals surface area (Å²) in [5, 5.41) is 0.655. The zero-order valence-corrected chi connectivity index (χ0v) is 17.5. The molecule has 0 aliphatic carbocycles. The average Bonchev–Trinajstić information content (AvgIpc) is 2.67. The Hall–Kier alpha value is -2.09. The average molecular weight is 430 g/mol. The van der Waals surface area contributed by atoms with E-state index in [1.165, 1.54) is 12.1 Å². The summed E-state index contributed by atoms with van der Waals surface area (Å²) in [6, 6.07) is 5.03. The summed E-state index contributed by atoms with van der Waals surface area (Å²) in [5.41, 5.74) is -0.0889. The predicted molar refractivity (Wildman–Crippen MR) is 111 cm³/mol. The molecule has 0 saturated heterocycles. The van der Waals surface area contributed by atoms with Crippen LogP contribution in [0.2, 0.25) is 0 Å². The van der Waals surface area contributed by atoms with E-state index in [0.717, 1.165) is 55.6 Å². The molecule has 0 N–H and O–H groups in total. The molecule has 29 heavy (non-hydrogen) atoms. The minimum absolute atomic E-state index is 0.178. The minimum atomic E-state index is -4.43. The van der Waals surface area contributed by atoms with E-state index in [9.17, 15) is 22.8 Å². The van der Waals surface area contributed by atoms with Gasteiger partial charge in [0.15, 0.2) is 0 Å². The van der Waals surface area contributed by atoms with Crippen LogP contribution >= 0.6 is 11.3 Å². The van der Waals surface area contributed by atoms with Crippen molar-refractivity contribution in [3.8, 4) is 0 Å². The predicted octanol–water partition coefficient (Wildman–Crippen LogP) is 5.62. The SMILES string of the molecule is CCC(=O)OCCCCCCCN(C)c1cc(=O)sc2cc(C(F)(F)F)ccc12. The van der Waals surface area contributed by atoms with E-state index in [1.807, 2.05) is 11.9 Å². The van der Waals surface area contributed by atoms with Gasteiger partial charge in [-0.25, -0.2) is 0 Å². The summed E-state index contributed by atoms with van der Waals surface area (Å²) >= 11 is 0.829. The fourth-order valence-corrected chi connectivity index (χ4v) is 3.88. The maximum atomic E-state index is 12.9. The minimum Gasteiger partial charge on any atom is -0.466 e. The van der Waals surface area contributed by atoms with Crippen molar-refractivity contribution < 1.29 is 22.7 Å². The highest BCUT2D eigenvalue weighted by Gasteiger charge is 2.30. The first kappa shape index (κ1) is 23.2. The lowest BCUT2D eigenvalue weighted by atomic mass is 10.1. The first-order valence-corrected chi connectivity index (χ1v) is 10.6. The molecule has 160 valence electrons. The molecule has 1 heterocycles. The normalized spacial score (nSPS) is 11.6. The van der Waals surface area contributed by atoms with Crippen molar-refractivity contribution in [1.29, 1.82) is 0 Å². The quantitative estimate of drug-likeness (QED) is 0.363. The second-order valence-corrected chi connectivity index (χ2v) is 7.97. The molecule has 0 aliphatic rings. The number of esters is 1. The maximum absolute atomic E-state index is 12.9. The van der Waals surface area contributed by atoms with Crippen LogP contribution in [0.5, 0.6) is 0 Å². The van der Waals surface area contributed by atoms with Crippen LogP contribution in [0.1, 0.15) is 51.0 Å². The van der Waals surface area contributed by atoms with Gasteiger partial charge in [-0.3, -0.25) is 9.59 Å². The van der Waals surface area contributed by atoms with E-state index in [2.05, 4.69) is 0 Å². The highest BCUT2D eigenvalue weighted by atomic mass is 32.1. The Labute approximate surface area is 172 Å². The number of benzene rings is 1. The molecule has 1 aromatic heterocycles. The molecule has 0 atom stereocenters. The number of ether oxygens (including phenoxy) is 1. The summed E-state index contributed by atoms with van der Waals surface area (Å²) < 4.78 is 43.9. The van der Waals surface area contributed by atoms with Gasteiger partial charge in [0, 0.05) is 41.9 Å². The third kappa shape index (κ3) is 7.03. The summed E-state index contributed by atoms with van der Waals surface area (Å²) in [4.78, 5) is 25.0. The number of halogens is 3. The molecule has 0 radical (unpaired) electrons. The molecule has 0 fully saturated rings. The van der Waals surface area contributed by atoms with E-state index in [0.29, 0.717) is 35.3 Å². The second-order valence-electron chi connectivity index (χ2n) is 6.92. The molecule has 0 bridgehead atoms. The van der Waals surface area contributed by atoms with Gasteiger partial charge in [-0.1, -0.05) is 43.6 Å². The molecule has 0 saturated carbocycles. The fraction of sp³-hybridized carbons (Fsp3) is 0.524. The van der Waals surface area contributed by atoms with Gasteiger partial charge in [0.1, 0.15) is 0 Å². The van der Waals surface area contributed by atoms with Gasteiger partial charge in [-0.15, -0.1) is 0 Å². The van der Waals surface area contributed by atoms with Crippen molar-refractivity contribution in [3.63, 3.8) is 0 Å². The Morgan fingerprint density at radius 1 is 1.10 bits per heavy atom. The molecular formula is C21H26F3NO3S. The third-order valence-electron chi connectivity index (χ3n) is 4.65. The smallest absolute Gasteiger partial charge is 0.416 e. The van der Waals surface area contributed by atoms with Crippen LogP contribution in [0.3, 0.4) is 0 Å². The van der Waals surface area contributed by atoms with Gasteiger partial charge in [0.05, 0.1) is 12.2 Å². The van der Waals surface area contributed by atoms with Gasteiger partial charge in [0.2, 0.25) is 4.74 Å². The van der Waals surface area contributed by atoms with Crippen LogP contribution in [-0.2, 0) is 15.7 Å². The lowest BCUT2D eigenvalue weighted by molar-refractivity contribution is -0.143. The Balaban J connectivity index is 1.89. The number of alkyl halides is 3. The van der Waals surface area contributed by atoms with E-state index in [1.54, 1.807) is 6.92 Å². The van der Waals surface area contributed by atoms with E-state index >= 15 is 0 Å². The Morgan fingerprint density at radius 2 is 1.79 bits per heavy atom. The molecule has 1 aromatic carbocycles. The lowest BCUT2D eigenvalue weighted by Crippen LogP contribution is -2.20. The Kier molecular flexibility index (Phi) is 8.49. The standard InChI is InChI=1S/C21H26F3NO3S/c1-3-19(26)28-12-8-6-4-5-7-11-25(2)17-14-20(27)29-18-13-15(21(22,23)24)9-10-16(17)18/h9-10,13-14H,3-8,11-12H2,1-2H3. The molecule has 4 nitrogen and oxygen atoms in total.